The van der Waals surface area contributed by atoms with Crippen molar-refractivity contribution in [1.82, 2.24) is 0 Å². The predicted molar refractivity (Wildman–Crippen MR) is 192 cm³/mol. The van der Waals surface area contributed by atoms with Crippen molar-refractivity contribution in [3.05, 3.63) is 164 Å². The van der Waals surface area contributed by atoms with Gasteiger partial charge in [0.1, 0.15) is 11.2 Å². The maximum absolute atomic E-state index is 6.58. The zero-order valence-electron chi connectivity index (χ0n) is 24.4. The van der Waals surface area contributed by atoms with Crippen molar-refractivity contribution in [2.45, 2.75) is 0 Å². The molecule has 0 saturated heterocycles. The van der Waals surface area contributed by atoms with E-state index in [-0.39, 0.29) is 0 Å². The average molecular weight is 594 g/mol. The summed E-state index contributed by atoms with van der Waals surface area (Å²) >= 11 is 1.85. The Morgan fingerprint density at radius 2 is 1.07 bits per heavy atom. The van der Waals surface area contributed by atoms with Gasteiger partial charge < -0.3 is 9.32 Å². The van der Waals surface area contributed by atoms with Gasteiger partial charge in [0.2, 0.25) is 0 Å². The van der Waals surface area contributed by atoms with Crippen LogP contribution in [0.5, 0.6) is 0 Å². The molecule has 0 saturated carbocycles. The fourth-order valence-electron chi connectivity index (χ4n) is 6.56. The molecule has 0 amide bonds. The Bertz CT molecular complexity index is 2470. The molecule has 3 heteroatoms. The lowest BCUT2D eigenvalue weighted by atomic mass is 9.98. The largest absolute Gasteiger partial charge is 0.455 e. The highest BCUT2D eigenvalue weighted by atomic mass is 32.1. The lowest BCUT2D eigenvalue weighted by molar-refractivity contribution is 0.670. The zero-order valence-corrected chi connectivity index (χ0v) is 25.2. The Morgan fingerprint density at radius 3 is 1.89 bits per heavy atom. The third-order valence-electron chi connectivity index (χ3n) is 8.66. The number of fused-ring (bicyclic) bond motifs is 6. The Balaban J connectivity index is 1.31. The number of hydrogen-bond acceptors (Lipinski definition) is 3. The number of para-hydroxylation sites is 3. The molecule has 0 aliphatic carbocycles. The van der Waals surface area contributed by atoms with E-state index >= 15 is 0 Å². The molecule has 0 spiro atoms. The van der Waals surface area contributed by atoms with Crippen LogP contribution in [0.2, 0.25) is 0 Å². The second kappa shape index (κ2) is 10.5. The molecule has 45 heavy (non-hydrogen) atoms. The minimum atomic E-state index is 0.910. The summed E-state index contributed by atoms with van der Waals surface area (Å²) in [5.41, 5.74) is 9.84. The summed E-state index contributed by atoms with van der Waals surface area (Å²) < 4.78 is 9.12. The first-order valence-electron chi connectivity index (χ1n) is 15.2. The zero-order chi connectivity index (χ0) is 29.7. The maximum atomic E-state index is 6.58. The molecule has 0 atom stereocenters. The van der Waals surface area contributed by atoms with Crippen LogP contribution >= 0.6 is 11.3 Å². The van der Waals surface area contributed by atoms with Gasteiger partial charge in [0, 0.05) is 59.1 Å². The lowest BCUT2D eigenvalue weighted by Gasteiger charge is -2.26. The molecule has 0 fully saturated rings. The van der Waals surface area contributed by atoms with Gasteiger partial charge in [0.25, 0.3) is 0 Å². The van der Waals surface area contributed by atoms with E-state index in [4.69, 9.17) is 4.42 Å². The number of benzene rings is 7. The van der Waals surface area contributed by atoms with Gasteiger partial charge in [-0.3, -0.25) is 0 Å². The van der Waals surface area contributed by atoms with Crippen molar-refractivity contribution in [3.63, 3.8) is 0 Å². The van der Waals surface area contributed by atoms with Crippen LogP contribution in [0, 0.1) is 0 Å². The number of furan rings is 1. The minimum Gasteiger partial charge on any atom is -0.455 e. The first kappa shape index (κ1) is 25.8. The summed E-state index contributed by atoms with van der Waals surface area (Å²) in [5, 5.41) is 4.80. The third kappa shape index (κ3) is 4.32. The van der Waals surface area contributed by atoms with Crippen molar-refractivity contribution in [1.29, 1.82) is 0 Å². The SMILES string of the molecule is c1ccc(-c2ccc(N(c3ccccc3)c3cc(-c4cccc5c4oc4ccccc45)c4sc5ccccc5c4c3)cc2)cc1. The quantitative estimate of drug-likeness (QED) is 0.197. The summed E-state index contributed by atoms with van der Waals surface area (Å²) in [5.74, 6) is 0. The number of thiophene rings is 1. The topological polar surface area (TPSA) is 16.4 Å². The molecule has 0 N–H and O–H groups in total. The molecule has 0 radical (unpaired) electrons. The molecular formula is C42H27NOS. The molecule has 0 aliphatic rings. The highest BCUT2D eigenvalue weighted by molar-refractivity contribution is 7.26. The van der Waals surface area contributed by atoms with E-state index < -0.39 is 0 Å². The van der Waals surface area contributed by atoms with E-state index in [9.17, 15) is 0 Å². The third-order valence-corrected chi connectivity index (χ3v) is 9.88. The van der Waals surface area contributed by atoms with E-state index in [1.165, 1.54) is 36.9 Å². The van der Waals surface area contributed by atoms with E-state index in [0.29, 0.717) is 0 Å². The molecule has 212 valence electrons. The maximum Gasteiger partial charge on any atom is 0.143 e. The fourth-order valence-corrected chi connectivity index (χ4v) is 7.77. The van der Waals surface area contributed by atoms with Gasteiger partial charge in [-0.05, 0) is 59.7 Å². The molecule has 0 unspecified atom stereocenters. The number of hydrogen-bond donors (Lipinski definition) is 0. The molecule has 2 aromatic heterocycles. The van der Waals surface area contributed by atoms with Crippen LogP contribution in [0.4, 0.5) is 17.1 Å². The summed E-state index contributed by atoms with van der Waals surface area (Å²) in [6.45, 7) is 0. The van der Waals surface area contributed by atoms with Gasteiger partial charge >= 0.3 is 0 Å². The first-order chi connectivity index (χ1) is 22.3. The summed E-state index contributed by atoms with van der Waals surface area (Å²) in [6.07, 6.45) is 0. The molecule has 0 bridgehead atoms. The highest BCUT2D eigenvalue weighted by Gasteiger charge is 2.21. The van der Waals surface area contributed by atoms with Crippen molar-refractivity contribution < 1.29 is 4.42 Å². The molecule has 2 heterocycles. The Hall–Kier alpha value is -5.64. The van der Waals surface area contributed by atoms with Gasteiger partial charge in [-0.2, -0.15) is 0 Å². The normalized spacial score (nSPS) is 11.6. The van der Waals surface area contributed by atoms with E-state index in [1.54, 1.807) is 0 Å². The van der Waals surface area contributed by atoms with Crippen LogP contribution in [-0.4, -0.2) is 0 Å². The Morgan fingerprint density at radius 1 is 0.422 bits per heavy atom. The molecule has 7 aromatic carbocycles. The van der Waals surface area contributed by atoms with Gasteiger partial charge in [-0.15, -0.1) is 11.3 Å². The second-order valence-electron chi connectivity index (χ2n) is 11.3. The van der Waals surface area contributed by atoms with Crippen molar-refractivity contribution in [2.75, 3.05) is 4.90 Å². The first-order valence-corrected chi connectivity index (χ1v) is 16.0. The van der Waals surface area contributed by atoms with Crippen molar-refractivity contribution in [2.24, 2.45) is 0 Å². The Kier molecular flexibility index (Phi) is 6.03. The molecule has 9 rings (SSSR count). The number of nitrogens with zero attached hydrogens (tertiary/aromatic N) is 1. The molecule has 2 nitrogen and oxygen atoms in total. The van der Waals surface area contributed by atoms with E-state index in [2.05, 4.69) is 163 Å². The Labute approximate surface area is 265 Å². The molecule has 0 aliphatic heterocycles. The lowest BCUT2D eigenvalue weighted by Crippen LogP contribution is -2.10. The highest BCUT2D eigenvalue weighted by Crippen LogP contribution is 2.47. The smallest absolute Gasteiger partial charge is 0.143 e. The predicted octanol–water partition coefficient (Wildman–Crippen LogP) is 12.8. The summed E-state index contributed by atoms with van der Waals surface area (Å²) in [7, 11) is 0. The van der Waals surface area contributed by atoms with Gasteiger partial charge in [0.15, 0.2) is 0 Å². The second-order valence-corrected chi connectivity index (χ2v) is 12.4. The molecular weight excluding hydrogens is 567 g/mol. The van der Waals surface area contributed by atoms with Crippen LogP contribution in [0.3, 0.4) is 0 Å². The molecule has 9 aromatic rings. The van der Waals surface area contributed by atoms with Crippen LogP contribution in [-0.2, 0) is 0 Å². The number of rotatable bonds is 5. The summed E-state index contributed by atoms with van der Waals surface area (Å²) in [6, 6.07) is 58.4. The van der Waals surface area contributed by atoms with Crippen LogP contribution in [0.1, 0.15) is 0 Å². The average Bonchev–Trinajstić information content (AvgIpc) is 3.68. The van der Waals surface area contributed by atoms with E-state index in [1.807, 2.05) is 17.4 Å². The van der Waals surface area contributed by atoms with Crippen LogP contribution < -0.4 is 4.90 Å². The van der Waals surface area contributed by atoms with E-state index in [0.717, 1.165) is 44.6 Å². The minimum absolute atomic E-state index is 0.910. The van der Waals surface area contributed by atoms with Crippen LogP contribution in [0.25, 0.3) is 64.4 Å². The number of anilines is 3. The monoisotopic (exact) mass is 593 g/mol. The van der Waals surface area contributed by atoms with Crippen molar-refractivity contribution >= 4 is 70.5 Å². The van der Waals surface area contributed by atoms with Crippen molar-refractivity contribution in [3.8, 4) is 22.3 Å². The van der Waals surface area contributed by atoms with Gasteiger partial charge in [-0.1, -0.05) is 115 Å². The van der Waals surface area contributed by atoms with Crippen LogP contribution in [0.15, 0.2) is 168 Å². The summed E-state index contributed by atoms with van der Waals surface area (Å²) in [4.78, 5) is 2.36. The van der Waals surface area contributed by atoms with Gasteiger partial charge in [-0.25, -0.2) is 0 Å². The van der Waals surface area contributed by atoms with Gasteiger partial charge in [0.05, 0.1) is 0 Å². The fraction of sp³-hybridized carbons (Fsp3) is 0. The standard InChI is InChI=1S/C42H27NOS/c1-3-12-28(13-4-1)29-22-24-31(25-23-29)43(30-14-5-2-6-15-30)32-26-37-34-17-8-10-21-40(34)45-42(37)38(27-32)36-19-11-18-35-33-16-7-9-20-39(33)44-41(35)36/h1-27H.